The standard InChI is InChI=1S/C17H25N3O4/c1-11(2)19-16(21)10-24-14-5-4-12(8-15(14)23-3)17(22)20-7-6-13(18)9-20/h4-5,8,11,13H,6-7,9-10,18H2,1-3H3,(H,19,21)/t13-/m1/s1. The zero-order valence-electron chi connectivity index (χ0n) is 14.4. The summed E-state index contributed by atoms with van der Waals surface area (Å²) in [5.74, 6) is 0.552. The minimum absolute atomic E-state index is 0.0397. The van der Waals surface area contributed by atoms with E-state index in [4.69, 9.17) is 15.2 Å². The topological polar surface area (TPSA) is 93.9 Å². The van der Waals surface area contributed by atoms with E-state index in [0.717, 1.165) is 6.42 Å². The first-order valence-corrected chi connectivity index (χ1v) is 8.05. The van der Waals surface area contributed by atoms with Crippen molar-refractivity contribution in [2.45, 2.75) is 32.4 Å². The number of ether oxygens (including phenoxy) is 2. The van der Waals surface area contributed by atoms with Crippen LogP contribution in [0.4, 0.5) is 0 Å². The minimum atomic E-state index is -0.210. The Balaban J connectivity index is 2.04. The summed E-state index contributed by atoms with van der Waals surface area (Å²) in [4.78, 5) is 25.9. The zero-order chi connectivity index (χ0) is 17.7. The summed E-state index contributed by atoms with van der Waals surface area (Å²) in [5.41, 5.74) is 6.36. The summed E-state index contributed by atoms with van der Waals surface area (Å²) in [6.07, 6.45) is 0.815. The molecule has 1 saturated heterocycles. The van der Waals surface area contributed by atoms with Crippen molar-refractivity contribution in [1.82, 2.24) is 10.2 Å². The van der Waals surface area contributed by atoms with Crippen LogP contribution in [0.15, 0.2) is 18.2 Å². The van der Waals surface area contributed by atoms with E-state index in [2.05, 4.69) is 5.32 Å². The Morgan fingerprint density at radius 2 is 2.12 bits per heavy atom. The average Bonchev–Trinajstić information content (AvgIpc) is 2.98. The maximum atomic E-state index is 12.5. The molecule has 3 N–H and O–H groups in total. The lowest BCUT2D eigenvalue weighted by Crippen LogP contribution is -2.34. The van der Waals surface area contributed by atoms with Crippen LogP contribution in [-0.2, 0) is 4.79 Å². The highest BCUT2D eigenvalue weighted by molar-refractivity contribution is 5.95. The predicted octanol–water partition coefficient (Wildman–Crippen LogP) is 0.772. The van der Waals surface area contributed by atoms with Gasteiger partial charge in [-0.3, -0.25) is 9.59 Å². The Bertz CT molecular complexity index is 603. The average molecular weight is 335 g/mol. The number of likely N-dealkylation sites (tertiary alicyclic amines) is 1. The Hall–Kier alpha value is -2.28. The highest BCUT2D eigenvalue weighted by atomic mass is 16.5. The molecule has 24 heavy (non-hydrogen) atoms. The Morgan fingerprint density at radius 1 is 1.38 bits per heavy atom. The number of benzene rings is 1. The number of hydrogen-bond acceptors (Lipinski definition) is 5. The van der Waals surface area contributed by atoms with Gasteiger partial charge in [-0.1, -0.05) is 0 Å². The molecule has 1 heterocycles. The van der Waals surface area contributed by atoms with Crippen LogP contribution in [0.3, 0.4) is 0 Å². The van der Waals surface area contributed by atoms with Crippen molar-refractivity contribution < 1.29 is 19.1 Å². The van der Waals surface area contributed by atoms with Gasteiger partial charge >= 0.3 is 0 Å². The Labute approximate surface area is 142 Å². The van der Waals surface area contributed by atoms with Crippen molar-refractivity contribution in [2.24, 2.45) is 5.73 Å². The molecule has 0 spiro atoms. The lowest BCUT2D eigenvalue weighted by Gasteiger charge is -2.17. The van der Waals surface area contributed by atoms with Crippen LogP contribution in [0.1, 0.15) is 30.6 Å². The maximum Gasteiger partial charge on any atom is 0.258 e. The maximum absolute atomic E-state index is 12.5. The van der Waals surface area contributed by atoms with E-state index < -0.39 is 0 Å². The lowest BCUT2D eigenvalue weighted by atomic mass is 10.1. The fourth-order valence-corrected chi connectivity index (χ4v) is 2.58. The van der Waals surface area contributed by atoms with Crippen LogP contribution in [-0.4, -0.2) is 55.6 Å². The number of carbonyl (C=O) groups excluding carboxylic acids is 2. The molecule has 7 nitrogen and oxygen atoms in total. The number of amides is 2. The molecule has 1 fully saturated rings. The normalized spacial score (nSPS) is 17.0. The smallest absolute Gasteiger partial charge is 0.258 e. The molecule has 1 aliphatic heterocycles. The molecule has 1 atom stereocenters. The molecule has 1 aromatic carbocycles. The number of carbonyl (C=O) groups is 2. The molecule has 0 unspecified atom stereocenters. The summed E-state index contributed by atoms with van der Waals surface area (Å²) >= 11 is 0. The predicted molar refractivity (Wildman–Crippen MR) is 90.3 cm³/mol. The van der Waals surface area contributed by atoms with Crippen molar-refractivity contribution >= 4 is 11.8 Å². The molecular formula is C17H25N3O4. The van der Waals surface area contributed by atoms with Gasteiger partial charge in [0.15, 0.2) is 18.1 Å². The van der Waals surface area contributed by atoms with Crippen LogP contribution in [0.5, 0.6) is 11.5 Å². The molecule has 2 rings (SSSR count). The number of hydrogen-bond donors (Lipinski definition) is 2. The SMILES string of the molecule is COc1cc(C(=O)N2CC[C@@H](N)C2)ccc1OCC(=O)NC(C)C. The summed E-state index contributed by atoms with van der Waals surface area (Å²) < 4.78 is 10.8. The van der Waals surface area contributed by atoms with Crippen molar-refractivity contribution in [3.05, 3.63) is 23.8 Å². The summed E-state index contributed by atoms with van der Waals surface area (Å²) in [6, 6.07) is 5.03. The van der Waals surface area contributed by atoms with Gasteiger partial charge < -0.3 is 25.4 Å². The fraction of sp³-hybridized carbons (Fsp3) is 0.529. The van der Waals surface area contributed by atoms with Crippen LogP contribution < -0.4 is 20.5 Å². The number of methoxy groups -OCH3 is 1. The lowest BCUT2D eigenvalue weighted by molar-refractivity contribution is -0.123. The van der Waals surface area contributed by atoms with E-state index in [1.54, 1.807) is 23.1 Å². The van der Waals surface area contributed by atoms with Gasteiger partial charge in [0.25, 0.3) is 11.8 Å². The zero-order valence-corrected chi connectivity index (χ0v) is 14.4. The third-order valence-electron chi connectivity index (χ3n) is 3.73. The van der Waals surface area contributed by atoms with Gasteiger partial charge in [-0.05, 0) is 38.5 Å². The van der Waals surface area contributed by atoms with Crippen LogP contribution in [0.25, 0.3) is 0 Å². The van der Waals surface area contributed by atoms with Gasteiger partial charge in [-0.25, -0.2) is 0 Å². The largest absolute Gasteiger partial charge is 0.493 e. The molecule has 0 radical (unpaired) electrons. The second kappa shape index (κ2) is 8.01. The second-order valence-electron chi connectivity index (χ2n) is 6.18. The van der Waals surface area contributed by atoms with Gasteiger partial charge in [0.05, 0.1) is 7.11 Å². The van der Waals surface area contributed by atoms with Crippen LogP contribution in [0, 0.1) is 0 Å². The highest BCUT2D eigenvalue weighted by Gasteiger charge is 2.25. The third-order valence-corrected chi connectivity index (χ3v) is 3.73. The van der Waals surface area contributed by atoms with Gasteiger partial charge in [-0.15, -0.1) is 0 Å². The molecular weight excluding hydrogens is 310 g/mol. The van der Waals surface area contributed by atoms with Crippen LogP contribution >= 0.6 is 0 Å². The van der Waals surface area contributed by atoms with Crippen molar-refractivity contribution in [3.63, 3.8) is 0 Å². The fourth-order valence-electron chi connectivity index (χ4n) is 2.58. The van der Waals surface area contributed by atoms with E-state index in [-0.39, 0.29) is 30.5 Å². The van der Waals surface area contributed by atoms with Crippen molar-refractivity contribution in [2.75, 3.05) is 26.8 Å². The summed E-state index contributed by atoms with van der Waals surface area (Å²) in [6.45, 7) is 4.87. The summed E-state index contributed by atoms with van der Waals surface area (Å²) in [5, 5.41) is 2.74. The molecule has 1 aliphatic rings. The third kappa shape index (κ3) is 4.61. The molecule has 0 saturated carbocycles. The monoisotopic (exact) mass is 335 g/mol. The molecule has 2 amide bonds. The van der Waals surface area contributed by atoms with Gasteiger partial charge in [0, 0.05) is 30.7 Å². The molecule has 7 heteroatoms. The van der Waals surface area contributed by atoms with Crippen molar-refractivity contribution in [1.29, 1.82) is 0 Å². The van der Waals surface area contributed by atoms with E-state index in [9.17, 15) is 9.59 Å². The Kier molecular flexibility index (Phi) is 6.03. The number of nitrogens with one attached hydrogen (secondary N) is 1. The van der Waals surface area contributed by atoms with Gasteiger partial charge in [0.1, 0.15) is 0 Å². The quantitative estimate of drug-likeness (QED) is 0.801. The van der Waals surface area contributed by atoms with Crippen LogP contribution in [0.2, 0.25) is 0 Å². The summed E-state index contributed by atoms with van der Waals surface area (Å²) in [7, 11) is 1.50. The first-order chi connectivity index (χ1) is 11.4. The molecule has 0 bridgehead atoms. The molecule has 1 aromatic rings. The van der Waals surface area contributed by atoms with E-state index in [1.807, 2.05) is 13.8 Å². The van der Waals surface area contributed by atoms with E-state index in [1.165, 1.54) is 7.11 Å². The molecule has 0 aliphatic carbocycles. The van der Waals surface area contributed by atoms with Gasteiger partial charge in [0.2, 0.25) is 0 Å². The number of nitrogens with two attached hydrogens (primary N) is 1. The van der Waals surface area contributed by atoms with E-state index in [0.29, 0.717) is 30.2 Å². The van der Waals surface area contributed by atoms with Crippen molar-refractivity contribution in [3.8, 4) is 11.5 Å². The number of rotatable bonds is 6. The minimum Gasteiger partial charge on any atom is -0.493 e. The highest BCUT2D eigenvalue weighted by Crippen LogP contribution is 2.29. The first-order valence-electron chi connectivity index (χ1n) is 8.05. The van der Waals surface area contributed by atoms with Gasteiger partial charge in [-0.2, -0.15) is 0 Å². The first kappa shape index (κ1) is 18.1. The second-order valence-corrected chi connectivity index (χ2v) is 6.18. The van der Waals surface area contributed by atoms with E-state index >= 15 is 0 Å². The number of nitrogens with zero attached hydrogens (tertiary/aromatic N) is 1. The molecule has 0 aromatic heterocycles. The Morgan fingerprint density at radius 3 is 2.71 bits per heavy atom. The molecule has 132 valence electrons.